The minimum absolute atomic E-state index is 0.00303. The Balaban J connectivity index is 2.98. The van der Waals surface area contributed by atoms with Crippen LogP contribution >= 0.6 is 0 Å². The standard InChI is InChI=1S/C12H9F3O4/c13-12(14,15)19-10-5-8(2-1-3-11(17)18)4-9(6-10)7-16/h1-2,4-7H,3H2,(H,17,18). The maximum Gasteiger partial charge on any atom is 0.573 e. The number of alkyl halides is 3. The maximum atomic E-state index is 12.1. The lowest BCUT2D eigenvalue weighted by Crippen LogP contribution is -2.17. The second-order valence-corrected chi connectivity index (χ2v) is 3.50. The van der Waals surface area contributed by atoms with E-state index >= 15 is 0 Å². The Morgan fingerprint density at radius 2 is 1.89 bits per heavy atom. The molecule has 0 aliphatic rings. The fourth-order valence-electron chi connectivity index (χ4n) is 1.30. The van der Waals surface area contributed by atoms with Crippen LogP contribution in [0.25, 0.3) is 6.08 Å². The van der Waals surface area contributed by atoms with E-state index in [0.717, 1.165) is 12.1 Å². The number of rotatable bonds is 5. The number of ether oxygens (including phenoxy) is 1. The van der Waals surface area contributed by atoms with Crippen LogP contribution in [0.3, 0.4) is 0 Å². The van der Waals surface area contributed by atoms with Crippen LogP contribution in [0.4, 0.5) is 13.2 Å². The summed E-state index contributed by atoms with van der Waals surface area (Å²) in [5.74, 6) is -1.61. The zero-order valence-electron chi connectivity index (χ0n) is 9.48. The van der Waals surface area contributed by atoms with Crippen LogP contribution in [0.15, 0.2) is 24.3 Å². The van der Waals surface area contributed by atoms with E-state index in [1.807, 2.05) is 0 Å². The average Bonchev–Trinajstić information content (AvgIpc) is 2.25. The zero-order chi connectivity index (χ0) is 14.5. The molecule has 0 spiro atoms. The highest BCUT2D eigenvalue weighted by Crippen LogP contribution is 2.25. The molecule has 0 heterocycles. The average molecular weight is 274 g/mol. The fourth-order valence-corrected chi connectivity index (χ4v) is 1.30. The quantitative estimate of drug-likeness (QED) is 0.838. The lowest BCUT2D eigenvalue weighted by molar-refractivity contribution is -0.274. The monoisotopic (exact) mass is 274 g/mol. The van der Waals surface area contributed by atoms with Crippen LogP contribution in [-0.2, 0) is 4.79 Å². The minimum atomic E-state index is -4.86. The minimum Gasteiger partial charge on any atom is -0.481 e. The van der Waals surface area contributed by atoms with Crippen molar-refractivity contribution in [2.75, 3.05) is 0 Å². The number of carboxylic acid groups (broad SMARTS) is 1. The van der Waals surface area contributed by atoms with Gasteiger partial charge in [0.2, 0.25) is 0 Å². The van der Waals surface area contributed by atoms with Crippen molar-refractivity contribution in [3.05, 3.63) is 35.4 Å². The molecule has 1 N–H and O–H groups in total. The van der Waals surface area contributed by atoms with Gasteiger partial charge in [0, 0.05) is 5.56 Å². The Bertz CT molecular complexity index is 506. The van der Waals surface area contributed by atoms with E-state index in [1.54, 1.807) is 0 Å². The predicted molar refractivity (Wildman–Crippen MR) is 59.8 cm³/mol. The van der Waals surface area contributed by atoms with Crippen LogP contribution in [0.5, 0.6) is 5.75 Å². The van der Waals surface area contributed by atoms with E-state index in [0.29, 0.717) is 6.29 Å². The summed E-state index contributed by atoms with van der Waals surface area (Å²) in [5.41, 5.74) is 0.238. The Morgan fingerprint density at radius 1 is 1.26 bits per heavy atom. The molecule has 0 aliphatic heterocycles. The second kappa shape index (κ2) is 6.03. The van der Waals surface area contributed by atoms with Gasteiger partial charge in [-0.25, -0.2) is 0 Å². The molecule has 0 unspecified atom stereocenters. The summed E-state index contributed by atoms with van der Waals surface area (Å²) in [6.45, 7) is 0. The van der Waals surface area contributed by atoms with Crippen molar-refractivity contribution in [3.8, 4) is 5.75 Å². The number of aliphatic carboxylic acids is 1. The molecule has 0 aliphatic carbocycles. The van der Waals surface area contributed by atoms with E-state index in [2.05, 4.69) is 4.74 Å². The lowest BCUT2D eigenvalue weighted by atomic mass is 10.1. The van der Waals surface area contributed by atoms with Gasteiger partial charge in [-0.1, -0.05) is 12.2 Å². The molecule has 1 rings (SSSR count). The molecular weight excluding hydrogens is 265 g/mol. The molecule has 1 aromatic rings. The van der Waals surface area contributed by atoms with Crippen molar-refractivity contribution in [3.63, 3.8) is 0 Å². The van der Waals surface area contributed by atoms with Crippen molar-refractivity contribution in [2.24, 2.45) is 0 Å². The van der Waals surface area contributed by atoms with Gasteiger partial charge in [-0.2, -0.15) is 0 Å². The van der Waals surface area contributed by atoms with E-state index in [4.69, 9.17) is 5.11 Å². The van der Waals surface area contributed by atoms with Gasteiger partial charge >= 0.3 is 12.3 Å². The molecule has 19 heavy (non-hydrogen) atoms. The van der Waals surface area contributed by atoms with Crippen molar-refractivity contribution >= 4 is 18.3 Å². The van der Waals surface area contributed by atoms with Crippen molar-refractivity contribution in [1.29, 1.82) is 0 Å². The lowest BCUT2D eigenvalue weighted by Gasteiger charge is -2.09. The highest BCUT2D eigenvalue weighted by molar-refractivity contribution is 5.78. The predicted octanol–water partition coefficient (Wildman–Crippen LogP) is 2.89. The third-order valence-corrected chi connectivity index (χ3v) is 1.92. The molecule has 0 fully saturated rings. The van der Waals surface area contributed by atoms with Gasteiger partial charge in [0.05, 0.1) is 6.42 Å². The molecule has 0 bridgehead atoms. The molecule has 4 nitrogen and oxygen atoms in total. The van der Waals surface area contributed by atoms with Gasteiger partial charge in [0.25, 0.3) is 0 Å². The number of hydrogen-bond acceptors (Lipinski definition) is 3. The third-order valence-electron chi connectivity index (χ3n) is 1.92. The molecular formula is C12H9F3O4. The topological polar surface area (TPSA) is 63.6 Å². The van der Waals surface area contributed by atoms with Crippen LogP contribution < -0.4 is 4.74 Å². The Kier molecular flexibility index (Phi) is 4.68. The van der Waals surface area contributed by atoms with Crippen LogP contribution in [0, 0.1) is 0 Å². The number of hydrogen-bond donors (Lipinski definition) is 1. The van der Waals surface area contributed by atoms with Gasteiger partial charge in [0.15, 0.2) is 0 Å². The first-order valence-corrected chi connectivity index (χ1v) is 5.04. The first-order valence-electron chi connectivity index (χ1n) is 5.04. The summed E-state index contributed by atoms with van der Waals surface area (Å²) in [7, 11) is 0. The second-order valence-electron chi connectivity index (χ2n) is 3.50. The van der Waals surface area contributed by atoms with Gasteiger partial charge in [-0.05, 0) is 23.8 Å². The van der Waals surface area contributed by atoms with E-state index in [1.165, 1.54) is 18.2 Å². The third kappa shape index (κ3) is 5.71. The largest absolute Gasteiger partial charge is 0.573 e. The highest BCUT2D eigenvalue weighted by atomic mass is 19.4. The summed E-state index contributed by atoms with van der Waals surface area (Å²) in [5, 5.41) is 8.42. The molecule has 0 atom stereocenters. The Labute approximate surface area is 106 Å². The first-order chi connectivity index (χ1) is 8.80. The van der Waals surface area contributed by atoms with Gasteiger partial charge < -0.3 is 9.84 Å². The van der Waals surface area contributed by atoms with Gasteiger partial charge in [0.1, 0.15) is 12.0 Å². The van der Waals surface area contributed by atoms with Crippen LogP contribution in [0.1, 0.15) is 22.3 Å². The summed E-state index contributed by atoms with van der Waals surface area (Å²) >= 11 is 0. The summed E-state index contributed by atoms with van der Waals surface area (Å²) in [6, 6.07) is 3.31. The fraction of sp³-hybridized carbons (Fsp3) is 0.167. The van der Waals surface area contributed by atoms with Crippen LogP contribution in [-0.4, -0.2) is 23.7 Å². The SMILES string of the molecule is O=Cc1cc(C=CCC(=O)O)cc(OC(F)(F)F)c1. The highest BCUT2D eigenvalue weighted by Gasteiger charge is 2.31. The smallest absolute Gasteiger partial charge is 0.481 e. The van der Waals surface area contributed by atoms with Crippen LogP contribution in [0.2, 0.25) is 0 Å². The molecule has 7 heteroatoms. The molecule has 0 amide bonds. The van der Waals surface area contributed by atoms with E-state index < -0.39 is 18.1 Å². The number of carbonyl (C=O) groups excluding carboxylic acids is 1. The number of carboxylic acids is 1. The summed E-state index contributed by atoms with van der Waals surface area (Å²) < 4.78 is 39.9. The summed E-state index contributed by atoms with van der Waals surface area (Å²) in [4.78, 5) is 20.9. The molecule has 102 valence electrons. The van der Waals surface area contributed by atoms with Gasteiger partial charge in [-0.15, -0.1) is 13.2 Å². The number of aldehydes is 1. The van der Waals surface area contributed by atoms with Crippen molar-refractivity contribution in [1.82, 2.24) is 0 Å². The molecule has 1 aromatic carbocycles. The van der Waals surface area contributed by atoms with E-state index in [-0.39, 0.29) is 17.5 Å². The maximum absolute atomic E-state index is 12.1. The van der Waals surface area contributed by atoms with Crippen molar-refractivity contribution in [2.45, 2.75) is 12.8 Å². The Morgan fingerprint density at radius 3 is 2.42 bits per heavy atom. The number of benzene rings is 1. The zero-order valence-corrected chi connectivity index (χ0v) is 9.48. The number of carbonyl (C=O) groups is 2. The van der Waals surface area contributed by atoms with Gasteiger partial charge in [-0.3, -0.25) is 9.59 Å². The molecule has 0 aromatic heterocycles. The Hall–Kier alpha value is -2.31. The van der Waals surface area contributed by atoms with E-state index in [9.17, 15) is 22.8 Å². The molecule has 0 saturated carbocycles. The normalized spacial score (nSPS) is 11.5. The first kappa shape index (κ1) is 14.7. The number of halogens is 3. The molecule has 0 saturated heterocycles. The summed E-state index contributed by atoms with van der Waals surface area (Å²) in [6.07, 6.45) is -2.21. The molecule has 0 radical (unpaired) electrons. The van der Waals surface area contributed by atoms with Crippen molar-refractivity contribution < 1.29 is 32.6 Å².